The van der Waals surface area contributed by atoms with Crippen molar-refractivity contribution in [2.24, 2.45) is 0 Å². The number of hydrogen-bond donors (Lipinski definition) is 1. The SMILES string of the molecule is CC(OCC(O)CN1CCOC(C)(C)C1)c1ccc(Cl)cc1. The minimum absolute atomic E-state index is 0.0620. The number of benzene rings is 1. The largest absolute Gasteiger partial charge is 0.389 e. The Bertz CT molecular complexity index is 463. The highest BCUT2D eigenvalue weighted by molar-refractivity contribution is 6.30. The van der Waals surface area contributed by atoms with Crippen LogP contribution in [0.3, 0.4) is 0 Å². The molecule has 2 rings (SSSR count). The fraction of sp³-hybridized carbons (Fsp3) is 0.647. The van der Waals surface area contributed by atoms with Crippen molar-refractivity contribution in [2.45, 2.75) is 38.6 Å². The molecule has 1 saturated heterocycles. The van der Waals surface area contributed by atoms with Gasteiger partial charge < -0.3 is 14.6 Å². The summed E-state index contributed by atoms with van der Waals surface area (Å²) in [6, 6.07) is 7.60. The van der Waals surface area contributed by atoms with Crippen LogP contribution < -0.4 is 0 Å². The van der Waals surface area contributed by atoms with Crippen molar-refractivity contribution in [3.8, 4) is 0 Å². The van der Waals surface area contributed by atoms with Crippen LogP contribution in [-0.2, 0) is 9.47 Å². The first-order valence-electron chi connectivity index (χ1n) is 7.77. The fourth-order valence-corrected chi connectivity index (χ4v) is 2.83. The third kappa shape index (κ3) is 5.52. The molecule has 1 aliphatic heterocycles. The average Bonchev–Trinajstić information content (AvgIpc) is 2.44. The lowest BCUT2D eigenvalue weighted by atomic mass is 10.1. The first-order chi connectivity index (χ1) is 10.4. The molecule has 1 N–H and O–H groups in total. The molecule has 1 aromatic carbocycles. The molecular formula is C17H26ClNO3. The molecule has 1 aromatic rings. The van der Waals surface area contributed by atoms with Gasteiger partial charge >= 0.3 is 0 Å². The summed E-state index contributed by atoms with van der Waals surface area (Å²) < 4.78 is 11.4. The van der Waals surface area contributed by atoms with Crippen LogP contribution in [0.25, 0.3) is 0 Å². The Kier molecular flexibility index (Phi) is 6.24. The van der Waals surface area contributed by atoms with E-state index in [1.807, 2.05) is 31.2 Å². The quantitative estimate of drug-likeness (QED) is 0.872. The zero-order valence-electron chi connectivity index (χ0n) is 13.6. The maximum atomic E-state index is 10.2. The van der Waals surface area contributed by atoms with Crippen molar-refractivity contribution < 1.29 is 14.6 Å². The summed E-state index contributed by atoms with van der Waals surface area (Å²) in [5.74, 6) is 0. The van der Waals surface area contributed by atoms with Crippen molar-refractivity contribution in [1.29, 1.82) is 0 Å². The van der Waals surface area contributed by atoms with Crippen molar-refractivity contribution in [3.05, 3.63) is 34.9 Å². The van der Waals surface area contributed by atoms with Gasteiger partial charge in [-0.25, -0.2) is 0 Å². The predicted molar refractivity (Wildman–Crippen MR) is 88.3 cm³/mol. The summed E-state index contributed by atoms with van der Waals surface area (Å²) in [5.41, 5.74) is 0.916. The highest BCUT2D eigenvalue weighted by Gasteiger charge is 2.28. The van der Waals surface area contributed by atoms with Gasteiger partial charge in [0.15, 0.2) is 0 Å². The van der Waals surface area contributed by atoms with E-state index in [1.165, 1.54) is 0 Å². The first-order valence-corrected chi connectivity index (χ1v) is 8.15. The molecule has 0 aromatic heterocycles. The zero-order chi connectivity index (χ0) is 16.2. The van der Waals surface area contributed by atoms with Gasteiger partial charge in [0.05, 0.1) is 31.0 Å². The molecule has 124 valence electrons. The average molecular weight is 328 g/mol. The zero-order valence-corrected chi connectivity index (χ0v) is 14.3. The minimum Gasteiger partial charge on any atom is -0.389 e. The normalized spacial score (nSPS) is 21.5. The molecule has 0 aliphatic carbocycles. The molecule has 0 spiro atoms. The molecule has 0 amide bonds. The number of ether oxygens (including phenoxy) is 2. The van der Waals surface area contributed by atoms with Crippen LogP contribution in [0.5, 0.6) is 0 Å². The molecule has 1 heterocycles. The molecule has 0 saturated carbocycles. The Morgan fingerprint density at radius 1 is 1.36 bits per heavy atom. The molecule has 2 atom stereocenters. The molecule has 5 heteroatoms. The summed E-state index contributed by atoms with van der Waals surface area (Å²) in [6.07, 6.45) is -0.559. The second kappa shape index (κ2) is 7.75. The van der Waals surface area contributed by atoms with Crippen LogP contribution in [0.1, 0.15) is 32.4 Å². The van der Waals surface area contributed by atoms with Gasteiger partial charge in [0.2, 0.25) is 0 Å². The van der Waals surface area contributed by atoms with E-state index in [-0.39, 0.29) is 11.7 Å². The van der Waals surface area contributed by atoms with E-state index in [1.54, 1.807) is 0 Å². The summed E-state index contributed by atoms with van der Waals surface area (Å²) >= 11 is 5.88. The third-order valence-corrected chi connectivity index (χ3v) is 4.10. The van der Waals surface area contributed by atoms with Gasteiger partial charge in [-0.3, -0.25) is 4.90 Å². The number of morpholine rings is 1. The van der Waals surface area contributed by atoms with E-state index < -0.39 is 6.10 Å². The Hall–Kier alpha value is -0.650. The van der Waals surface area contributed by atoms with Crippen LogP contribution in [0.2, 0.25) is 5.02 Å². The van der Waals surface area contributed by atoms with Crippen molar-refractivity contribution in [1.82, 2.24) is 4.90 Å². The number of aliphatic hydroxyl groups is 1. The third-order valence-electron chi connectivity index (χ3n) is 3.85. The number of rotatable bonds is 6. The van der Waals surface area contributed by atoms with E-state index in [0.717, 1.165) is 18.7 Å². The number of aliphatic hydroxyl groups excluding tert-OH is 1. The maximum absolute atomic E-state index is 10.2. The summed E-state index contributed by atoms with van der Waals surface area (Å²) in [5, 5.41) is 10.9. The molecule has 1 fully saturated rings. The number of hydrogen-bond acceptors (Lipinski definition) is 4. The maximum Gasteiger partial charge on any atom is 0.0900 e. The first kappa shape index (κ1) is 17.7. The molecule has 1 aliphatic rings. The smallest absolute Gasteiger partial charge is 0.0900 e. The molecule has 2 unspecified atom stereocenters. The van der Waals surface area contributed by atoms with Crippen LogP contribution in [0.15, 0.2) is 24.3 Å². The molecular weight excluding hydrogens is 302 g/mol. The topological polar surface area (TPSA) is 41.9 Å². The minimum atomic E-state index is -0.497. The van der Waals surface area contributed by atoms with Crippen molar-refractivity contribution in [3.63, 3.8) is 0 Å². The second-order valence-corrected chi connectivity index (χ2v) is 6.96. The Morgan fingerprint density at radius 2 is 2.05 bits per heavy atom. The van der Waals surface area contributed by atoms with Crippen LogP contribution in [0, 0.1) is 0 Å². The van der Waals surface area contributed by atoms with E-state index in [2.05, 4.69) is 18.7 Å². The molecule has 0 bridgehead atoms. The van der Waals surface area contributed by atoms with Gasteiger partial charge in [0.25, 0.3) is 0 Å². The van der Waals surface area contributed by atoms with Crippen LogP contribution in [0.4, 0.5) is 0 Å². The van der Waals surface area contributed by atoms with Crippen molar-refractivity contribution in [2.75, 3.05) is 32.8 Å². The van der Waals surface area contributed by atoms with Gasteiger partial charge in [-0.15, -0.1) is 0 Å². The lowest BCUT2D eigenvalue weighted by Gasteiger charge is -2.38. The van der Waals surface area contributed by atoms with Crippen molar-refractivity contribution >= 4 is 11.6 Å². The number of β-amino-alcohol motifs (C(OH)–C–C–N with tert-alkyl or cyclic N) is 1. The summed E-state index contributed by atoms with van der Waals surface area (Å²) in [4.78, 5) is 2.23. The van der Waals surface area contributed by atoms with E-state index in [0.29, 0.717) is 24.8 Å². The van der Waals surface area contributed by atoms with Crippen LogP contribution >= 0.6 is 11.6 Å². The Morgan fingerprint density at radius 3 is 2.68 bits per heavy atom. The summed E-state index contributed by atoms with van der Waals surface area (Å²) in [7, 11) is 0. The molecule has 22 heavy (non-hydrogen) atoms. The van der Waals surface area contributed by atoms with Gasteiger partial charge in [-0.05, 0) is 38.5 Å². The van der Waals surface area contributed by atoms with Gasteiger partial charge in [0, 0.05) is 24.7 Å². The molecule has 4 nitrogen and oxygen atoms in total. The second-order valence-electron chi connectivity index (χ2n) is 6.52. The van der Waals surface area contributed by atoms with Gasteiger partial charge in [0.1, 0.15) is 0 Å². The van der Waals surface area contributed by atoms with Crippen LogP contribution in [-0.4, -0.2) is 54.6 Å². The fourth-order valence-electron chi connectivity index (χ4n) is 2.71. The molecule has 0 radical (unpaired) electrons. The highest BCUT2D eigenvalue weighted by atomic mass is 35.5. The monoisotopic (exact) mass is 327 g/mol. The lowest BCUT2D eigenvalue weighted by molar-refractivity contribution is -0.0993. The predicted octanol–water partition coefficient (Wildman–Crippen LogP) is 2.89. The Labute approximate surface area is 138 Å². The Balaban J connectivity index is 1.75. The van der Waals surface area contributed by atoms with Gasteiger partial charge in [-0.1, -0.05) is 23.7 Å². The number of halogens is 1. The highest BCUT2D eigenvalue weighted by Crippen LogP contribution is 2.20. The standard InChI is InChI=1S/C17H26ClNO3/c1-13(14-4-6-15(18)7-5-14)21-11-16(20)10-19-8-9-22-17(2,3)12-19/h4-7,13,16,20H,8-12H2,1-3H3. The van der Waals surface area contributed by atoms with Gasteiger partial charge in [-0.2, -0.15) is 0 Å². The van der Waals surface area contributed by atoms with E-state index >= 15 is 0 Å². The lowest BCUT2D eigenvalue weighted by Crippen LogP contribution is -2.50. The summed E-state index contributed by atoms with van der Waals surface area (Å²) in [6.45, 7) is 9.45. The van der Waals surface area contributed by atoms with E-state index in [9.17, 15) is 5.11 Å². The van der Waals surface area contributed by atoms with E-state index in [4.69, 9.17) is 21.1 Å². The number of nitrogens with zero attached hydrogens (tertiary/aromatic N) is 1.